The Kier molecular flexibility index (Phi) is 3.53. The molecule has 1 aliphatic rings. The largest absolute Gasteiger partial charge is 0.223 e. The zero-order valence-electron chi connectivity index (χ0n) is 10.5. The predicted molar refractivity (Wildman–Crippen MR) is 81.2 cm³/mol. The first-order valence-electron chi connectivity index (χ1n) is 6.24. The minimum atomic E-state index is -3.35. The summed E-state index contributed by atoms with van der Waals surface area (Å²) in [5.74, 6) is 0.0793. The second-order valence-corrected chi connectivity index (χ2v) is 7.89. The molecule has 2 aromatic carbocycles. The summed E-state index contributed by atoms with van der Waals surface area (Å²) in [7, 11) is -3.35. The van der Waals surface area contributed by atoms with Gasteiger partial charge in [0.1, 0.15) is 0 Å². The van der Waals surface area contributed by atoms with Crippen LogP contribution in [0.1, 0.15) is 17.9 Å². The molecule has 0 radical (unpaired) electrons. The Hall–Kier alpha value is -1.03. The fourth-order valence-electron chi connectivity index (χ4n) is 2.39. The van der Waals surface area contributed by atoms with Crippen molar-refractivity contribution in [3.05, 3.63) is 64.1 Å². The van der Waals surface area contributed by atoms with E-state index in [1.54, 1.807) is 0 Å². The number of hydrogen-bond donors (Lipinski definition) is 0. The van der Waals surface area contributed by atoms with Crippen molar-refractivity contribution >= 4 is 33.0 Å². The molecule has 1 saturated carbocycles. The van der Waals surface area contributed by atoms with Crippen molar-refractivity contribution in [2.24, 2.45) is 0 Å². The quantitative estimate of drug-likeness (QED) is 0.841. The van der Waals surface area contributed by atoms with Crippen LogP contribution in [0, 0.1) is 0 Å². The van der Waals surface area contributed by atoms with Crippen LogP contribution in [0.15, 0.2) is 53.4 Å². The molecule has 104 valence electrons. The van der Waals surface area contributed by atoms with Crippen molar-refractivity contribution in [3.8, 4) is 0 Å². The third kappa shape index (κ3) is 2.46. The fraction of sp³-hybridized carbons (Fsp3) is 0.200. The maximum Gasteiger partial charge on any atom is 0.181 e. The topological polar surface area (TPSA) is 34.1 Å². The third-order valence-corrected chi connectivity index (χ3v) is 6.55. The second kappa shape index (κ2) is 5.06. The molecule has 3 rings (SSSR count). The number of halogens is 2. The molecule has 0 saturated heterocycles. The zero-order chi connectivity index (χ0) is 14.3. The van der Waals surface area contributed by atoms with Gasteiger partial charge in [0.05, 0.1) is 20.2 Å². The van der Waals surface area contributed by atoms with Crippen LogP contribution in [0.3, 0.4) is 0 Å². The van der Waals surface area contributed by atoms with Gasteiger partial charge in [-0.15, -0.1) is 0 Å². The second-order valence-electron chi connectivity index (χ2n) is 4.91. The number of hydrogen-bond acceptors (Lipinski definition) is 2. The number of rotatable bonds is 3. The summed E-state index contributed by atoms with van der Waals surface area (Å²) < 4.78 is 25.1. The van der Waals surface area contributed by atoms with Crippen LogP contribution in [0.25, 0.3) is 0 Å². The highest BCUT2D eigenvalue weighted by Gasteiger charge is 2.48. The summed E-state index contributed by atoms with van der Waals surface area (Å²) in [6, 6.07) is 14.2. The molecule has 0 spiro atoms. The molecule has 0 amide bonds. The summed E-state index contributed by atoms with van der Waals surface area (Å²) in [6.45, 7) is 0. The zero-order valence-corrected chi connectivity index (χ0v) is 12.8. The van der Waals surface area contributed by atoms with E-state index >= 15 is 0 Å². The van der Waals surface area contributed by atoms with Gasteiger partial charge in [-0.25, -0.2) is 8.42 Å². The van der Waals surface area contributed by atoms with E-state index in [1.165, 1.54) is 18.2 Å². The van der Waals surface area contributed by atoms with E-state index in [2.05, 4.69) is 0 Å². The van der Waals surface area contributed by atoms with E-state index in [0.717, 1.165) is 5.56 Å². The Morgan fingerprint density at radius 3 is 2.30 bits per heavy atom. The Morgan fingerprint density at radius 2 is 1.65 bits per heavy atom. The fourth-order valence-corrected chi connectivity index (χ4v) is 4.70. The van der Waals surface area contributed by atoms with Gasteiger partial charge in [0.2, 0.25) is 0 Å². The molecule has 20 heavy (non-hydrogen) atoms. The van der Waals surface area contributed by atoms with Gasteiger partial charge < -0.3 is 0 Å². The van der Waals surface area contributed by atoms with Gasteiger partial charge in [0.15, 0.2) is 9.84 Å². The summed E-state index contributed by atoms with van der Waals surface area (Å²) in [6.07, 6.45) is 0.659. The van der Waals surface area contributed by atoms with Gasteiger partial charge in [-0.3, -0.25) is 0 Å². The van der Waals surface area contributed by atoms with E-state index in [9.17, 15) is 8.42 Å². The third-order valence-electron chi connectivity index (χ3n) is 3.58. The van der Waals surface area contributed by atoms with Crippen LogP contribution in [0.2, 0.25) is 10.0 Å². The van der Waals surface area contributed by atoms with E-state index in [4.69, 9.17) is 23.2 Å². The smallest absolute Gasteiger partial charge is 0.181 e. The lowest BCUT2D eigenvalue weighted by Crippen LogP contribution is -2.09. The summed E-state index contributed by atoms with van der Waals surface area (Å²) >= 11 is 11.7. The van der Waals surface area contributed by atoms with Crippen molar-refractivity contribution < 1.29 is 8.42 Å². The highest BCUT2D eigenvalue weighted by molar-refractivity contribution is 7.92. The maximum atomic E-state index is 12.5. The molecule has 2 atom stereocenters. The molecule has 0 unspecified atom stereocenters. The van der Waals surface area contributed by atoms with E-state index in [1.807, 2.05) is 30.3 Å². The first-order valence-corrected chi connectivity index (χ1v) is 8.54. The van der Waals surface area contributed by atoms with Crippen molar-refractivity contribution in [2.75, 3.05) is 0 Å². The van der Waals surface area contributed by atoms with Gasteiger partial charge in [-0.05, 0) is 30.2 Å². The normalized spacial score (nSPS) is 21.7. The highest BCUT2D eigenvalue weighted by atomic mass is 35.5. The molecule has 0 aliphatic heterocycles. The average molecular weight is 327 g/mol. The molecular weight excluding hydrogens is 315 g/mol. The van der Waals surface area contributed by atoms with Gasteiger partial charge in [-0.1, -0.05) is 53.5 Å². The molecule has 2 nitrogen and oxygen atoms in total. The monoisotopic (exact) mass is 326 g/mol. The molecular formula is C15H12Cl2O2S. The van der Waals surface area contributed by atoms with Gasteiger partial charge >= 0.3 is 0 Å². The summed E-state index contributed by atoms with van der Waals surface area (Å²) in [4.78, 5) is 0.246. The van der Waals surface area contributed by atoms with Crippen LogP contribution in [-0.4, -0.2) is 13.7 Å². The number of sulfone groups is 1. The molecule has 0 aromatic heterocycles. The van der Waals surface area contributed by atoms with Crippen molar-refractivity contribution in [1.29, 1.82) is 0 Å². The van der Waals surface area contributed by atoms with Crippen molar-refractivity contribution in [2.45, 2.75) is 22.5 Å². The predicted octanol–water partition coefficient (Wildman–Crippen LogP) is 4.32. The molecule has 0 heterocycles. The van der Waals surface area contributed by atoms with Crippen molar-refractivity contribution in [1.82, 2.24) is 0 Å². The average Bonchev–Trinajstić information content (AvgIpc) is 3.24. The van der Waals surface area contributed by atoms with Gasteiger partial charge in [0.25, 0.3) is 0 Å². The summed E-state index contributed by atoms with van der Waals surface area (Å²) in [5, 5.41) is 0.271. The minimum Gasteiger partial charge on any atom is -0.223 e. The molecule has 1 aliphatic carbocycles. The Labute approximate surface area is 128 Å². The van der Waals surface area contributed by atoms with Crippen LogP contribution in [0.5, 0.6) is 0 Å². The van der Waals surface area contributed by atoms with Gasteiger partial charge in [0, 0.05) is 5.92 Å². The van der Waals surface area contributed by atoms with Gasteiger partial charge in [-0.2, -0.15) is 0 Å². The lowest BCUT2D eigenvalue weighted by molar-refractivity contribution is 0.594. The van der Waals surface area contributed by atoms with E-state index in [-0.39, 0.29) is 21.1 Å². The van der Waals surface area contributed by atoms with E-state index in [0.29, 0.717) is 11.4 Å². The molecule has 2 aromatic rings. The highest BCUT2D eigenvalue weighted by Crippen LogP contribution is 2.48. The lowest BCUT2D eigenvalue weighted by atomic mass is 10.1. The van der Waals surface area contributed by atoms with Crippen molar-refractivity contribution in [3.63, 3.8) is 0 Å². The standard InChI is InChI=1S/C15H12Cl2O2S/c16-13-7-6-11(8-14(13)17)20(18,19)15-9-12(15)10-4-2-1-3-5-10/h1-8,12,15H,9H2/t12-,15-/m0/s1. The maximum absolute atomic E-state index is 12.5. The molecule has 0 bridgehead atoms. The van der Waals surface area contributed by atoms with Crippen LogP contribution >= 0.6 is 23.2 Å². The van der Waals surface area contributed by atoms with Crippen LogP contribution < -0.4 is 0 Å². The van der Waals surface area contributed by atoms with Crippen LogP contribution in [0.4, 0.5) is 0 Å². The minimum absolute atomic E-state index is 0.0793. The Morgan fingerprint density at radius 1 is 0.950 bits per heavy atom. The lowest BCUT2D eigenvalue weighted by Gasteiger charge is -2.05. The van der Waals surface area contributed by atoms with Crippen LogP contribution in [-0.2, 0) is 9.84 Å². The molecule has 1 fully saturated rings. The SMILES string of the molecule is O=S(=O)(c1ccc(Cl)c(Cl)c1)[C@H]1C[C@H]1c1ccccc1. The number of benzene rings is 2. The Balaban J connectivity index is 1.89. The van der Waals surface area contributed by atoms with E-state index < -0.39 is 9.84 Å². The molecule has 0 N–H and O–H groups in total. The first kappa shape index (κ1) is 13.9. The summed E-state index contributed by atoms with van der Waals surface area (Å²) in [5.41, 5.74) is 1.07. The Bertz CT molecular complexity index is 742. The first-order chi connectivity index (χ1) is 9.50. The molecule has 5 heteroatoms.